The van der Waals surface area contributed by atoms with E-state index >= 15 is 0 Å². The van der Waals surface area contributed by atoms with E-state index in [0.29, 0.717) is 5.02 Å². The van der Waals surface area contributed by atoms with Crippen molar-refractivity contribution >= 4 is 11.6 Å². The van der Waals surface area contributed by atoms with E-state index in [1.54, 1.807) is 12.3 Å². The third-order valence-electron chi connectivity index (χ3n) is 3.26. The van der Waals surface area contributed by atoms with Gasteiger partial charge in [0.1, 0.15) is 5.82 Å². The summed E-state index contributed by atoms with van der Waals surface area (Å²) in [6.07, 6.45) is 1.77. The fourth-order valence-corrected chi connectivity index (χ4v) is 2.53. The second-order valence-electron chi connectivity index (χ2n) is 4.48. The van der Waals surface area contributed by atoms with Gasteiger partial charge in [-0.25, -0.2) is 4.39 Å². The van der Waals surface area contributed by atoms with Crippen LogP contribution in [0.25, 0.3) is 0 Å². The summed E-state index contributed by atoms with van der Waals surface area (Å²) in [5.74, 6) is -0.191. The number of halogens is 2. The predicted molar refractivity (Wildman–Crippen MR) is 75.9 cm³/mol. The summed E-state index contributed by atoms with van der Waals surface area (Å²) in [6, 6.07) is 10.3. The average Bonchev–Trinajstić information content (AvgIpc) is 2.42. The van der Waals surface area contributed by atoms with E-state index in [0.717, 1.165) is 11.3 Å². The number of likely N-dealkylation sites (N-methyl/N-ethyl adjacent to an activating group) is 1. The molecule has 0 amide bonds. The second kappa shape index (κ2) is 6.13. The number of pyridine rings is 1. The maximum absolute atomic E-state index is 13.1. The summed E-state index contributed by atoms with van der Waals surface area (Å²) in [7, 11) is 1.86. The highest BCUT2D eigenvalue weighted by Gasteiger charge is 2.22. The van der Waals surface area contributed by atoms with E-state index in [9.17, 15) is 4.39 Å². The Hall–Kier alpha value is -1.45. The summed E-state index contributed by atoms with van der Waals surface area (Å²) in [4.78, 5) is 4.36. The van der Waals surface area contributed by atoms with Gasteiger partial charge < -0.3 is 5.32 Å². The van der Waals surface area contributed by atoms with Gasteiger partial charge in [-0.05, 0) is 36.9 Å². The van der Waals surface area contributed by atoms with Crippen molar-refractivity contribution in [2.45, 2.75) is 18.9 Å². The molecule has 0 spiro atoms. The normalized spacial score (nSPS) is 14.1. The molecule has 0 aliphatic heterocycles. The first kappa shape index (κ1) is 14.0. The Bertz CT molecular complexity index is 545. The molecule has 0 aliphatic carbocycles. The van der Waals surface area contributed by atoms with Gasteiger partial charge in [0.25, 0.3) is 0 Å². The summed E-state index contributed by atoms with van der Waals surface area (Å²) >= 11 is 6.13. The lowest BCUT2D eigenvalue weighted by Crippen LogP contribution is -2.23. The molecule has 4 heteroatoms. The topological polar surface area (TPSA) is 24.9 Å². The summed E-state index contributed by atoms with van der Waals surface area (Å²) in [6.45, 7) is 2.07. The average molecular weight is 279 g/mol. The maximum Gasteiger partial charge on any atom is 0.124 e. The first-order valence-electron chi connectivity index (χ1n) is 6.16. The molecule has 1 aromatic carbocycles. The van der Waals surface area contributed by atoms with Crippen molar-refractivity contribution in [3.63, 3.8) is 0 Å². The summed E-state index contributed by atoms with van der Waals surface area (Å²) in [5.41, 5.74) is 1.85. The van der Waals surface area contributed by atoms with E-state index in [1.807, 2.05) is 25.2 Å². The lowest BCUT2D eigenvalue weighted by molar-refractivity contribution is 0.498. The smallest absolute Gasteiger partial charge is 0.124 e. The van der Waals surface area contributed by atoms with Crippen LogP contribution in [0.2, 0.25) is 5.02 Å². The predicted octanol–water partition coefficient (Wildman–Crippen LogP) is 3.94. The Balaban J connectivity index is 2.34. The molecule has 100 valence electrons. The zero-order chi connectivity index (χ0) is 13.8. The molecule has 0 aliphatic rings. The van der Waals surface area contributed by atoms with Crippen molar-refractivity contribution in [2.24, 2.45) is 0 Å². The molecule has 2 unspecified atom stereocenters. The largest absolute Gasteiger partial charge is 0.312 e. The van der Waals surface area contributed by atoms with E-state index in [4.69, 9.17) is 11.6 Å². The first-order chi connectivity index (χ1) is 9.13. The summed E-state index contributed by atoms with van der Waals surface area (Å²) in [5, 5.41) is 3.66. The van der Waals surface area contributed by atoms with E-state index < -0.39 is 0 Å². The van der Waals surface area contributed by atoms with Crippen LogP contribution in [0.5, 0.6) is 0 Å². The van der Waals surface area contributed by atoms with Crippen molar-refractivity contribution in [3.05, 3.63) is 64.7 Å². The molecule has 1 N–H and O–H groups in total. The van der Waals surface area contributed by atoms with Crippen LogP contribution in [0.3, 0.4) is 0 Å². The van der Waals surface area contributed by atoms with E-state index in [-0.39, 0.29) is 17.8 Å². The zero-order valence-electron chi connectivity index (χ0n) is 10.9. The Morgan fingerprint density at radius 1 is 1.26 bits per heavy atom. The SMILES string of the molecule is CNC(c1ccc(F)cc1Cl)C(C)c1ccccn1. The fourth-order valence-electron chi connectivity index (χ4n) is 2.24. The molecule has 0 bridgehead atoms. The molecule has 0 saturated carbocycles. The zero-order valence-corrected chi connectivity index (χ0v) is 11.7. The van der Waals surface area contributed by atoms with Crippen LogP contribution in [0.1, 0.15) is 30.1 Å². The van der Waals surface area contributed by atoms with Crippen LogP contribution in [-0.4, -0.2) is 12.0 Å². The fraction of sp³-hybridized carbons (Fsp3) is 0.267. The van der Waals surface area contributed by atoms with E-state index in [2.05, 4.69) is 17.2 Å². The lowest BCUT2D eigenvalue weighted by atomic mass is 9.91. The van der Waals surface area contributed by atoms with Gasteiger partial charge in [-0.1, -0.05) is 30.7 Å². The molecule has 1 heterocycles. The van der Waals surface area contributed by atoms with Gasteiger partial charge >= 0.3 is 0 Å². The monoisotopic (exact) mass is 278 g/mol. The highest BCUT2D eigenvalue weighted by atomic mass is 35.5. The van der Waals surface area contributed by atoms with Crippen molar-refractivity contribution in [3.8, 4) is 0 Å². The third kappa shape index (κ3) is 3.11. The number of nitrogens with one attached hydrogen (secondary N) is 1. The molecule has 0 radical (unpaired) electrons. The third-order valence-corrected chi connectivity index (χ3v) is 3.59. The molecule has 0 saturated heterocycles. The number of hydrogen-bond acceptors (Lipinski definition) is 2. The van der Waals surface area contributed by atoms with Crippen molar-refractivity contribution < 1.29 is 4.39 Å². The number of rotatable bonds is 4. The molecule has 0 fully saturated rings. The van der Waals surface area contributed by atoms with Crippen molar-refractivity contribution in [1.82, 2.24) is 10.3 Å². The van der Waals surface area contributed by atoms with Gasteiger partial charge in [0.2, 0.25) is 0 Å². The van der Waals surface area contributed by atoms with Crippen LogP contribution in [0.15, 0.2) is 42.6 Å². The first-order valence-corrected chi connectivity index (χ1v) is 6.54. The van der Waals surface area contributed by atoms with Crippen molar-refractivity contribution in [1.29, 1.82) is 0 Å². The minimum Gasteiger partial charge on any atom is -0.312 e. The van der Waals surface area contributed by atoms with Crippen LogP contribution < -0.4 is 5.32 Å². The highest BCUT2D eigenvalue weighted by molar-refractivity contribution is 6.31. The van der Waals surface area contributed by atoms with Gasteiger partial charge in [-0.2, -0.15) is 0 Å². The highest BCUT2D eigenvalue weighted by Crippen LogP contribution is 2.33. The standard InChI is InChI=1S/C15H16ClFN2/c1-10(14-5-3-4-8-19-14)15(18-2)12-7-6-11(17)9-13(12)16/h3-10,15,18H,1-2H3. The van der Waals surface area contributed by atoms with Gasteiger partial charge in [0, 0.05) is 28.9 Å². The number of aromatic nitrogens is 1. The minimum absolute atomic E-state index is 0.0111. The Kier molecular flexibility index (Phi) is 4.51. The Morgan fingerprint density at radius 2 is 2.05 bits per heavy atom. The number of hydrogen-bond donors (Lipinski definition) is 1. The minimum atomic E-state index is -0.325. The molecular formula is C15H16ClFN2. The molecule has 1 aromatic heterocycles. The second-order valence-corrected chi connectivity index (χ2v) is 4.88. The lowest BCUT2D eigenvalue weighted by Gasteiger charge is -2.24. The van der Waals surface area contributed by atoms with Crippen molar-refractivity contribution in [2.75, 3.05) is 7.05 Å². The van der Waals surface area contributed by atoms with Gasteiger partial charge in [-0.15, -0.1) is 0 Å². The van der Waals surface area contributed by atoms with Crippen LogP contribution in [0, 0.1) is 5.82 Å². The molecular weight excluding hydrogens is 263 g/mol. The molecule has 2 atom stereocenters. The maximum atomic E-state index is 13.1. The number of nitrogens with zero attached hydrogens (tertiary/aromatic N) is 1. The Labute approximate surface area is 117 Å². The quantitative estimate of drug-likeness (QED) is 0.916. The molecule has 2 nitrogen and oxygen atoms in total. The Morgan fingerprint density at radius 3 is 2.63 bits per heavy atom. The van der Waals surface area contributed by atoms with Gasteiger partial charge in [0.05, 0.1) is 0 Å². The van der Waals surface area contributed by atoms with Gasteiger partial charge in [-0.3, -0.25) is 4.98 Å². The molecule has 2 aromatic rings. The molecule has 19 heavy (non-hydrogen) atoms. The molecule has 2 rings (SSSR count). The van der Waals surface area contributed by atoms with Crippen LogP contribution in [-0.2, 0) is 0 Å². The van der Waals surface area contributed by atoms with Gasteiger partial charge in [0.15, 0.2) is 0 Å². The number of benzene rings is 1. The van der Waals surface area contributed by atoms with Crippen LogP contribution >= 0.6 is 11.6 Å². The van der Waals surface area contributed by atoms with Crippen LogP contribution in [0.4, 0.5) is 4.39 Å². The summed E-state index contributed by atoms with van der Waals surface area (Å²) < 4.78 is 13.1. The van der Waals surface area contributed by atoms with E-state index in [1.165, 1.54) is 12.1 Å².